The smallest absolute Gasteiger partial charge is 0.270 e. The van der Waals surface area contributed by atoms with E-state index in [4.69, 9.17) is 9.26 Å². The number of aromatic amines is 1. The van der Waals surface area contributed by atoms with Gasteiger partial charge in [-0.3, -0.25) is 9.59 Å². The quantitative estimate of drug-likeness (QED) is 0.669. The van der Waals surface area contributed by atoms with Gasteiger partial charge in [-0.15, -0.1) is 0 Å². The van der Waals surface area contributed by atoms with Gasteiger partial charge in [-0.25, -0.2) is 4.98 Å². The molecular weight excluding hydrogens is 360 g/mol. The molecule has 1 aliphatic heterocycles. The number of carbonyl (C=O) groups is 1. The summed E-state index contributed by atoms with van der Waals surface area (Å²) < 4.78 is 10.8. The Morgan fingerprint density at radius 2 is 2.18 bits per heavy atom. The average molecular weight is 382 g/mol. The van der Waals surface area contributed by atoms with Crippen molar-refractivity contribution < 1.29 is 14.1 Å². The van der Waals surface area contributed by atoms with Gasteiger partial charge in [-0.2, -0.15) is 0 Å². The predicted molar refractivity (Wildman–Crippen MR) is 102 cm³/mol. The molecule has 28 heavy (non-hydrogen) atoms. The lowest BCUT2D eigenvalue weighted by Crippen LogP contribution is -2.40. The Hall–Kier alpha value is -3.00. The van der Waals surface area contributed by atoms with Crippen molar-refractivity contribution in [1.29, 1.82) is 0 Å². The van der Waals surface area contributed by atoms with Gasteiger partial charge in [-0.1, -0.05) is 17.3 Å². The molecule has 2 N–H and O–H groups in total. The molecule has 0 unspecified atom stereocenters. The fourth-order valence-corrected chi connectivity index (χ4v) is 3.48. The maximum atomic E-state index is 12.4. The molecule has 1 aromatic carbocycles. The zero-order chi connectivity index (χ0) is 19.5. The third kappa shape index (κ3) is 4.12. The fourth-order valence-electron chi connectivity index (χ4n) is 3.48. The second-order valence-corrected chi connectivity index (χ2v) is 7.14. The highest BCUT2D eigenvalue weighted by Gasteiger charge is 2.30. The highest BCUT2D eigenvalue weighted by atomic mass is 16.5. The van der Waals surface area contributed by atoms with E-state index < -0.39 is 0 Å². The van der Waals surface area contributed by atoms with Crippen LogP contribution in [0.1, 0.15) is 23.6 Å². The number of ether oxygens (including phenoxy) is 1. The number of para-hydroxylation sites is 2. The summed E-state index contributed by atoms with van der Waals surface area (Å²) in [5.74, 6) is 0.807. The van der Waals surface area contributed by atoms with Crippen LogP contribution in [0.3, 0.4) is 0 Å². The molecule has 8 nitrogen and oxygen atoms in total. The summed E-state index contributed by atoms with van der Waals surface area (Å²) in [7, 11) is 0. The summed E-state index contributed by atoms with van der Waals surface area (Å²) in [6, 6.07) is 9.15. The third-order valence-corrected chi connectivity index (χ3v) is 4.94. The number of H-pyrrole nitrogens is 1. The van der Waals surface area contributed by atoms with Crippen LogP contribution in [0.15, 0.2) is 39.6 Å². The molecule has 3 aromatic rings. The molecule has 2 atom stereocenters. The molecule has 2 aromatic heterocycles. The van der Waals surface area contributed by atoms with Crippen molar-refractivity contribution in [2.75, 3.05) is 13.2 Å². The van der Waals surface area contributed by atoms with Crippen LogP contribution in [-0.2, 0) is 22.4 Å². The Balaban J connectivity index is 1.35. The second kappa shape index (κ2) is 7.93. The molecule has 1 amide bonds. The first kappa shape index (κ1) is 18.4. The Morgan fingerprint density at radius 1 is 1.32 bits per heavy atom. The molecule has 0 bridgehead atoms. The Morgan fingerprint density at radius 3 is 3.00 bits per heavy atom. The van der Waals surface area contributed by atoms with Crippen LogP contribution >= 0.6 is 0 Å². The number of rotatable bonds is 6. The van der Waals surface area contributed by atoms with Crippen molar-refractivity contribution in [1.82, 2.24) is 20.4 Å². The van der Waals surface area contributed by atoms with E-state index in [1.165, 1.54) is 0 Å². The van der Waals surface area contributed by atoms with Crippen molar-refractivity contribution in [3.8, 4) is 0 Å². The van der Waals surface area contributed by atoms with Crippen molar-refractivity contribution in [2.45, 2.75) is 32.2 Å². The lowest BCUT2D eigenvalue weighted by atomic mass is 9.98. The number of hydrogen-bond acceptors (Lipinski definition) is 6. The molecule has 1 aliphatic rings. The summed E-state index contributed by atoms with van der Waals surface area (Å²) in [4.78, 5) is 31.8. The Labute approximate surface area is 161 Å². The standard InChI is InChI=1S/C20H22N4O4/c1-12-8-14(28-24-12)9-13-10-27-11-18(13)22-19(25)7-6-17-20(26)23-16-5-3-2-4-15(16)21-17/h2-5,8,13,18H,6-7,9-11H2,1H3,(H,22,25)(H,23,26)/t13-,18+/m1/s1. The third-order valence-electron chi connectivity index (χ3n) is 4.94. The molecule has 1 fully saturated rings. The topological polar surface area (TPSA) is 110 Å². The Bertz CT molecular complexity index is 1040. The summed E-state index contributed by atoms with van der Waals surface area (Å²) in [5, 5.41) is 6.91. The molecule has 0 saturated carbocycles. The van der Waals surface area contributed by atoms with Gasteiger partial charge < -0.3 is 19.6 Å². The van der Waals surface area contributed by atoms with E-state index in [1.807, 2.05) is 31.2 Å². The summed E-state index contributed by atoms with van der Waals surface area (Å²) in [5.41, 5.74) is 2.35. The van der Waals surface area contributed by atoms with Crippen molar-refractivity contribution in [3.63, 3.8) is 0 Å². The number of amides is 1. The first-order valence-electron chi connectivity index (χ1n) is 9.36. The lowest BCUT2D eigenvalue weighted by molar-refractivity contribution is -0.122. The largest absolute Gasteiger partial charge is 0.379 e. The van der Waals surface area contributed by atoms with E-state index in [0.717, 1.165) is 11.5 Å². The summed E-state index contributed by atoms with van der Waals surface area (Å²) >= 11 is 0. The first-order valence-corrected chi connectivity index (χ1v) is 9.36. The molecule has 3 heterocycles. The van der Waals surface area contributed by atoms with Gasteiger partial charge in [0.05, 0.1) is 36.0 Å². The molecule has 0 aliphatic carbocycles. The predicted octanol–water partition coefficient (Wildman–Crippen LogP) is 1.53. The van der Waals surface area contributed by atoms with Gasteiger partial charge in [0.1, 0.15) is 11.5 Å². The van der Waals surface area contributed by atoms with E-state index >= 15 is 0 Å². The van der Waals surface area contributed by atoms with Crippen LogP contribution in [-0.4, -0.2) is 40.3 Å². The fraction of sp³-hybridized carbons (Fsp3) is 0.400. The second-order valence-electron chi connectivity index (χ2n) is 7.14. The number of carbonyl (C=O) groups excluding carboxylic acids is 1. The maximum absolute atomic E-state index is 12.4. The van der Waals surface area contributed by atoms with Gasteiger partial charge in [-0.05, 0) is 19.1 Å². The van der Waals surface area contributed by atoms with E-state index in [9.17, 15) is 9.59 Å². The highest BCUT2D eigenvalue weighted by Crippen LogP contribution is 2.20. The van der Waals surface area contributed by atoms with E-state index in [-0.39, 0.29) is 36.3 Å². The number of aryl methyl sites for hydroxylation is 2. The molecule has 0 radical (unpaired) electrons. The Kier molecular flexibility index (Phi) is 5.21. The van der Waals surface area contributed by atoms with Crippen molar-refractivity contribution in [3.05, 3.63) is 57.8 Å². The van der Waals surface area contributed by atoms with Gasteiger partial charge in [0.2, 0.25) is 5.91 Å². The van der Waals surface area contributed by atoms with Crippen LogP contribution in [0.25, 0.3) is 11.0 Å². The molecule has 8 heteroatoms. The average Bonchev–Trinajstić information content (AvgIpc) is 3.29. The minimum atomic E-state index is -0.255. The van der Waals surface area contributed by atoms with Crippen LogP contribution in [0.4, 0.5) is 0 Å². The number of fused-ring (bicyclic) bond motifs is 1. The zero-order valence-electron chi connectivity index (χ0n) is 15.6. The summed E-state index contributed by atoms with van der Waals surface area (Å²) in [6.07, 6.45) is 1.14. The molecule has 0 spiro atoms. The SMILES string of the molecule is Cc1cc(C[C@@H]2COC[C@@H]2NC(=O)CCc2nc3ccccc3[nH]c2=O)on1. The lowest BCUT2D eigenvalue weighted by Gasteiger charge is -2.18. The molecule has 4 rings (SSSR count). The summed E-state index contributed by atoms with van der Waals surface area (Å²) in [6.45, 7) is 2.91. The number of aromatic nitrogens is 3. The zero-order valence-corrected chi connectivity index (χ0v) is 15.6. The minimum Gasteiger partial charge on any atom is -0.379 e. The van der Waals surface area contributed by atoms with E-state index in [1.54, 1.807) is 6.07 Å². The molecule has 146 valence electrons. The van der Waals surface area contributed by atoms with Crippen LogP contribution in [0, 0.1) is 12.8 Å². The number of benzene rings is 1. The maximum Gasteiger partial charge on any atom is 0.270 e. The normalized spacial score (nSPS) is 19.2. The highest BCUT2D eigenvalue weighted by molar-refractivity contribution is 5.77. The molecular formula is C20H22N4O4. The van der Waals surface area contributed by atoms with E-state index in [2.05, 4.69) is 20.4 Å². The van der Waals surface area contributed by atoms with Crippen LogP contribution in [0.2, 0.25) is 0 Å². The van der Waals surface area contributed by atoms with Gasteiger partial charge in [0, 0.05) is 31.2 Å². The number of nitrogens with zero attached hydrogens (tertiary/aromatic N) is 2. The van der Waals surface area contributed by atoms with Gasteiger partial charge >= 0.3 is 0 Å². The van der Waals surface area contributed by atoms with Gasteiger partial charge in [0.15, 0.2) is 0 Å². The monoisotopic (exact) mass is 382 g/mol. The van der Waals surface area contributed by atoms with E-state index in [0.29, 0.717) is 36.4 Å². The first-order chi connectivity index (χ1) is 13.6. The molecule has 1 saturated heterocycles. The minimum absolute atomic E-state index is 0.0826. The van der Waals surface area contributed by atoms with Crippen molar-refractivity contribution >= 4 is 16.9 Å². The van der Waals surface area contributed by atoms with Crippen molar-refractivity contribution in [2.24, 2.45) is 5.92 Å². The van der Waals surface area contributed by atoms with Crippen LogP contribution < -0.4 is 10.9 Å². The van der Waals surface area contributed by atoms with Crippen LogP contribution in [0.5, 0.6) is 0 Å². The van der Waals surface area contributed by atoms with Gasteiger partial charge in [0.25, 0.3) is 5.56 Å². The number of hydrogen-bond donors (Lipinski definition) is 2. The number of nitrogens with one attached hydrogen (secondary N) is 2.